The highest BCUT2D eigenvalue weighted by molar-refractivity contribution is 6.07. The summed E-state index contributed by atoms with van der Waals surface area (Å²) in [5, 5.41) is 0. The molecule has 2 aliphatic rings. The first-order chi connectivity index (χ1) is 9.09. The minimum atomic E-state index is -0.363. The molecule has 0 bridgehead atoms. The highest BCUT2D eigenvalue weighted by Gasteiger charge is 2.41. The van der Waals surface area contributed by atoms with Gasteiger partial charge in [0.15, 0.2) is 0 Å². The van der Waals surface area contributed by atoms with Crippen molar-refractivity contribution in [3.05, 3.63) is 23.8 Å². The summed E-state index contributed by atoms with van der Waals surface area (Å²) in [7, 11) is 1.55. The molecule has 1 fully saturated rings. The van der Waals surface area contributed by atoms with Crippen LogP contribution in [0.5, 0.6) is 0 Å². The Bertz CT molecular complexity index is 556. The third-order valence-corrected chi connectivity index (χ3v) is 4.06. The summed E-state index contributed by atoms with van der Waals surface area (Å²) in [6, 6.07) is 5.41. The lowest BCUT2D eigenvalue weighted by molar-refractivity contribution is -0.136. The van der Waals surface area contributed by atoms with Crippen LogP contribution >= 0.6 is 0 Å². The van der Waals surface area contributed by atoms with E-state index in [-0.39, 0.29) is 24.3 Å². The van der Waals surface area contributed by atoms with Gasteiger partial charge < -0.3 is 10.6 Å². The van der Waals surface area contributed by atoms with E-state index in [1.807, 2.05) is 23.1 Å². The van der Waals surface area contributed by atoms with Crippen LogP contribution in [0, 0.1) is 0 Å². The summed E-state index contributed by atoms with van der Waals surface area (Å²) < 4.78 is 0. The first-order valence-electron chi connectivity index (χ1n) is 6.54. The molecule has 2 amide bonds. The first kappa shape index (κ1) is 12.0. The number of carbonyl (C=O) groups is 2. The summed E-state index contributed by atoms with van der Waals surface area (Å²) in [6.07, 6.45) is 2.16. The monoisotopic (exact) mass is 259 g/mol. The first-order valence-corrected chi connectivity index (χ1v) is 6.54. The van der Waals surface area contributed by atoms with E-state index >= 15 is 0 Å². The predicted octanol–water partition coefficient (Wildman–Crippen LogP) is 0.779. The second-order valence-corrected chi connectivity index (χ2v) is 5.15. The Labute approximate surface area is 112 Å². The van der Waals surface area contributed by atoms with Gasteiger partial charge in [-0.25, -0.2) is 0 Å². The molecule has 2 heterocycles. The molecule has 19 heavy (non-hydrogen) atoms. The normalized spacial score (nSPS) is 22.9. The zero-order valence-electron chi connectivity index (χ0n) is 10.9. The molecule has 0 aromatic heterocycles. The number of hydrogen-bond acceptors (Lipinski definition) is 4. The molecule has 5 nitrogen and oxygen atoms in total. The molecular formula is C14H17N3O2. The second-order valence-electron chi connectivity index (χ2n) is 5.15. The van der Waals surface area contributed by atoms with Crippen LogP contribution in [-0.4, -0.2) is 36.3 Å². The number of carbonyl (C=O) groups excluding carboxylic acids is 2. The van der Waals surface area contributed by atoms with Gasteiger partial charge in [0, 0.05) is 25.0 Å². The summed E-state index contributed by atoms with van der Waals surface area (Å²) in [6.45, 7) is 0.800. The molecule has 0 aliphatic carbocycles. The van der Waals surface area contributed by atoms with E-state index in [1.165, 1.54) is 4.90 Å². The van der Waals surface area contributed by atoms with Crippen LogP contribution in [0.3, 0.4) is 0 Å². The van der Waals surface area contributed by atoms with Crippen LogP contribution in [-0.2, 0) is 16.0 Å². The van der Waals surface area contributed by atoms with Gasteiger partial charge in [0.2, 0.25) is 5.91 Å². The molecule has 100 valence electrons. The van der Waals surface area contributed by atoms with Crippen molar-refractivity contribution in [1.29, 1.82) is 0 Å². The fraction of sp³-hybridized carbons (Fsp3) is 0.429. The molecule has 2 aliphatic heterocycles. The van der Waals surface area contributed by atoms with Gasteiger partial charge in [-0.15, -0.1) is 0 Å². The van der Waals surface area contributed by atoms with Gasteiger partial charge in [-0.3, -0.25) is 14.5 Å². The number of amides is 2. The van der Waals surface area contributed by atoms with E-state index in [2.05, 4.69) is 0 Å². The number of likely N-dealkylation sites (N-methyl/N-ethyl adjacent to an activating group) is 1. The molecule has 1 saturated heterocycles. The van der Waals surface area contributed by atoms with E-state index in [4.69, 9.17) is 5.73 Å². The van der Waals surface area contributed by atoms with Crippen molar-refractivity contribution in [2.75, 3.05) is 24.2 Å². The predicted molar refractivity (Wildman–Crippen MR) is 72.7 cm³/mol. The quantitative estimate of drug-likeness (QED) is 0.598. The molecule has 1 atom stereocenters. The lowest BCUT2D eigenvalue weighted by Crippen LogP contribution is -2.44. The van der Waals surface area contributed by atoms with Crippen molar-refractivity contribution in [3.63, 3.8) is 0 Å². The van der Waals surface area contributed by atoms with Crippen LogP contribution in [0.1, 0.15) is 18.4 Å². The lowest BCUT2D eigenvalue weighted by atomic mass is 9.98. The van der Waals surface area contributed by atoms with Crippen molar-refractivity contribution < 1.29 is 9.59 Å². The topological polar surface area (TPSA) is 66.6 Å². The minimum Gasteiger partial charge on any atom is -0.398 e. The van der Waals surface area contributed by atoms with E-state index in [0.717, 1.165) is 36.3 Å². The lowest BCUT2D eigenvalue weighted by Gasteiger charge is -2.35. The van der Waals surface area contributed by atoms with Crippen molar-refractivity contribution in [3.8, 4) is 0 Å². The smallest absolute Gasteiger partial charge is 0.252 e. The van der Waals surface area contributed by atoms with Crippen molar-refractivity contribution >= 4 is 23.2 Å². The maximum atomic E-state index is 12.1. The van der Waals surface area contributed by atoms with Crippen LogP contribution < -0.4 is 10.6 Å². The fourth-order valence-electron chi connectivity index (χ4n) is 2.98. The molecule has 5 heteroatoms. The second kappa shape index (κ2) is 4.26. The maximum absolute atomic E-state index is 12.1. The number of nitrogens with two attached hydrogens (primary N) is 1. The Hall–Kier alpha value is -2.04. The molecular weight excluding hydrogens is 242 g/mol. The average Bonchev–Trinajstić information content (AvgIpc) is 2.66. The highest BCUT2D eigenvalue weighted by atomic mass is 16.2. The number of imide groups is 1. The van der Waals surface area contributed by atoms with E-state index in [9.17, 15) is 9.59 Å². The Kier molecular flexibility index (Phi) is 2.69. The number of benzene rings is 1. The van der Waals surface area contributed by atoms with Crippen LogP contribution in [0.2, 0.25) is 0 Å². The maximum Gasteiger partial charge on any atom is 0.252 e. The fourth-order valence-corrected chi connectivity index (χ4v) is 2.98. The highest BCUT2D eigenvalue weighted by Crippen LogP contribution is 2.34. The number of nitrogen functional groups attached to an aromatic ring is 1. The Morgan fingerprint density at radius 2 is 2.11 bits per heavy atom. The number of anilines is 2. The third kappa shape index (κ3) is 1.77. The SMILES string of the molecule is CN1C(=O)CC(N2CCCc3c(N)cccc32)C1=O. The Balaban J connectivity index is 1.99. The Morgan fingerprint density at radius 3 is 2.79 bits per heavy atom. The number of rotatable bonds is 1. The molecule has 0 spiro atoms. The van der Waals surface area contributed by atoms with Crippen LogP contribution in [0.25, 0.3) is 0 Å². The van der Waals surface area contributed by atoms with E-state index < -0.39 is 0 Å². The molecule has 3 rings (SSSR count). The van der Waals surface area contributed by atoms with E-state index in [0.29, 0.717) is 0 Å². The van der Waals surface area contributed by atoms with Gasteiger partial charge in [-0.2, -0.15) is 0 Å². The molecule has 1 unspecified atom stereocenters. The molecule has 2 N–H and O–H groups in total. The standard InChI is InChI=1S/C14H17N3O2/c1-16-13(18)8-12(14(16)19)17-7-3-4-9-10(15)5-2-6-11(9)17/h2,5-6,12H,3-4,7-8,15H2,1H3. The number of likely N-dealkylation sites (tertiary alicyclic amines) is 1. The number of hydrogen-bond donors (Lipinski definition) is 1. The largest absolute Gasteiger partial charge is 0.398 e. The van der Waals surface area contributed by atoms with Crippen molar-refractivity contribution in [2.24, 2.45) is 0 Å². The molecule has 0 radical (unpaired) electrons. The van der Waals surface area contributed by atoms with Gasteiger partial charge in [0.05, 0.1) is 6.42 Å². The van der Waals surface area contributed by atoms with Crippen molar-refractivity contribution in [1.82, 2.24) is 4.90 Å². The summed E-state index contributed by atoms with van der Waals surface area (Å²) in [4.78, 5) is 27.1. The minimum absolute atomic E-state index is 0.106. The van der Waals surface area contributed by atoms with Crippen molar-refractivity contribution in [2.45, 2.75) is 25.3 Å². The molecule has 1 aromatic carbocycles. The zero-order valence-corrected chi connectivity index (χ0v) is 10.9. The van der Waals surface area contributed by atoms with Crippen LogP contribution in [0.4, 0.5) is 11.4 Å². The van der Waals surface area contributed by atoms with Gasteiger partial charge in [0.1, 0.15) is 6.04 Å². The van der Waals surface area contributed by atoms with E-state index in [1.54, 1.807) is 7.05 Å². The summed E-state index contributed by atoms with van der Waals surface area (Å²) in [5.41, 5.74) is 8.88. The summed E-state index contributed by atoms with van der Waals surface area (Å²) in [5.74, 6) is -0.216. The Morgan fingerprint density at radius 1 is 1.32 bits per heavy atom. The number of fused-ring (bicyclic) bond motifs is 1. The van der Waals surface area contributed by atoms with Gasteiger partial charge in [-0.1, -0.05) is 6.07 Å². The van der Waals surface area contributed by atoms with Crippen LogP contribution in [0.15, 0.2) is 18.2 Å². The molecule has 0 saturated carbocycles. The summed E-state index contributed by atoms with van der Waals surface area (Å²) >= 11 is 0. The van der Waals surface area contributed by atoms with Gasteiger partial charge in [-0.05, 0) is 30.5 Å². The van der Waals surface area contributed by atoms with Gasteiger partial charge in [0.25, 0.3) is 5.91 Å². The number of nitrogens with zero attached hydrogens (tertiary/aromatic N) is 2. The average molecular weight is 259 g/mol. The molecule has 1 aromatic rings. The zero-order chi connectivity index (χ0) is 13.6. The third-order valence-electron chi connectivity index (χ3n) is 4.06. The van der Waals surface area contributed by atoms with Gasteiger partial charge >= 0.3 is 0 Å².